The van der Waals surface area contributed by atoms with Crippen LogP contribution in [0.5, 0.6) is 0 Å². The lowest BCUT2D eigenvalue weighted by atomic mass is 10.0. The van der Waals surface area contributed by atoms with Gasteiger partial charge in [0.05, 0.1) is 17.6 Å². The highest BCUT2D eigenvalue weighted by Gasteiger charge is 2.18. The van der Waals surface area contributed by atoms with Crippen LogP contribution in [0, 0.1) is 13.8 Å². The zero-order valence-electron chi connectivity index (χ0n) is 16.1. The summed E-state index contributed by atoms with van der Waals surface area (Å²) in [5.41, 5.74) is 5.07. The summed E-state index contributed by atoms with van der Waals surface area (Å²) in [7, 11) is 1.77. The van der Waals surface area contributed by atoms with Gasteiger partial charge in [-0.25, -0.2) is 0 Å². The summed E-state index contributed by atoms with van der Waals surface area (Å²) in [5, 5.41) is 4.99. The third kappa shape index (κ3) is 3.51. The van der Waals surface area contributed by atoms with Gasteiger partial charge in [0.1, 0.15) is 5.69 Å². The zero-order valence-corrected chi connectivity index (χ0v) is 16.1. The van der Waals surface area contributed by atoms with E-state index in [9.17, 15) is 4.79 Å². The molecule has 2 heterocycles. The molecule has 0 bridgehead atoms. The van der Waals surface area contributed by atoms with Crippen LogP contribution in [0.3, 0.4) is 0 Å². The van der Waals surface area contributed by atoms with E-state index in [2.05, 4.69) is 10.1 Å². The maximum atomic E-state index is 13.1. The van der Waals surface area contributed by atoms with E-state index in [0.717, 1.165) is 27.7 Å². The summed E-state index contributed by atoms with van der Waals surface area (Å²) in [6, 6.07) is 19.5. The van der Waals surface area contributed by atoms with Crippen molar-refractivity contribution in [3.8, 4) is 11.3 Å². The van der Waals surface area contributed by atoms with E-state index in [1.165, 1.54) is 0 Å². The molecule has 0 aliphatic rings. The van der Waals surface area contributed by atoms with Crippen LogP contribution in [0.2, 0.25) is 0 Å². The molecule has 0 aliphatic carbocycles. The maximum Gasteiger partial charge on any atom is 0.254 e. The standard InChI is InChI=1S/C23H21N3O2/c1-15-9-10-21-19(11-15)20(12-16(2)24-21)23(27)26(3)14-18-13-22(28-25-18)17-7-5-4-6-8-17/h4-13H,14H2,1-3H3. The van der Waals surface area contributed by atoms with Gasteiger partial charge in [0.15, 0.2) is 5.76 Å². The van der Waals surface area contributed by atoms with Gasteiger partial charge < -0.3 is 9.42 Å². The normalized spacial score (nSPS) is 11.0. The minimum atomic E-state index is -0.0645. The minimum absolute atomic E-state index is 0.0645. The number of hydrogen-bond acceptors (Lipinski definition) is 4. The number of aromatic nitrogens is 2. The van der Waals surface area contributed by atoms with Gasteiger partial charge >= 0.3 is 0 Å². The Labute approximate surface area is 163 Å². The van der Waals surface area contributed by atoms with E-state index in [0.29, 0.717) is 23.6 Å². The molecule has 28 heavy (non-hydrogen) atoms. The van der Waals surface area contributed by atoms with Crippen LogP contribution in [-0.2, 0) is 6.54 Å². The SMILES string of the molecule is Cc1ccc2nc(C)cc(C(=O)N(C)Cc3cc(-c4ccccc4)on3)c2c1. The van der Waals surface area contributed by atoms with Crippen molar-refractivity contribution in [1.82, 2.24) is 15.0 Å². The summed E-state index contributed by atoms with van der Waals surface area (Å²) in [6.45, 7) is 4.28. The molecule has 5 heteroatoms. The predicted molar refractivity (Wildman–Crippen MR) is 109 cm³/mol. The first-order valence-electron chi connectivity index (χ1n) is 9.16. The highest BCUT2D eigenvalue weighted by molar-refractivity contribution is 6.06. The summed E-state index contributed by atoms with van der Waals surface area (Å²) in [6.07, 6.45) is 0. The lowest BCUT2D eigenvalue weighted by Crippen LogP contribution is -2.26. The number of rotatable bonds is 4. The van der Waals surface area contributed by atoms with Crippen LogP contribution >= 0.6 is 0 Å². The molecule has 0 unspecified atom stereocenters. The molecular formula is C23H21N3O2. The van der Waals surface area contributed by atoms with Crippen LogP contribution in [0.1, 0.15) is 27.3 Å². The summed E-state index contributed by atoms with van der Waals surface area (Å²) >= 11 is 0. The molecule has 4 aromatic rings. The second-order valence-corrected chi connectivity index (χ2v) is 7.04. The third-order valence-corrected chi connectivity index (χ3v) is 4.69. The Hall–Kier alpha value is -3.47. The van der Waals surface area contributed by atoms with Gasteiger partial charge in [0, 0.05) is 29.8 Å². The molecule has 140 valence electrons. The number of nitrogens with zero attached hydrogens (tertiary/aromatic N) is 3. The highest BCUT2D eigenvalue weighted by atomic mass is 16.5. The van der Waals surface area contributed by atoms with Gasteiger partial charge in [-0.1, -0.05) is 47.1 Å². The molecule has 5 nitrogen and oxygen atoms in total. The first kappa shape index (κ1) is 17.9. The van der Waals surface area contributed by atoms with Gasteiger partial charge in [0.2, 0.25) is 0 Å². The van der Waals surface area contributed by atoms with Crippen LogP contribution in [0.25, 0.3) is 22.2 Å². The lowest BCUT2D eigenvalue weighted by molar-refractivity contribution is 0.0784. The fourth-order valence-corrected chi connectivity index (χ4v) is 3.29. The topological polar surface area (TPSA) is 59.2 Å². The highest BCUT2D eigenvalue weighted by Crippen LogP contribution is 2.23. The number of amides is 1. The molecule has 0 radical (unpaired) electrons. The van der Waals surface area contributed by atoms with Crippen molar-refractivity contribution in [2.24, 2.45) is 0 Å². The fraction of sp³-hybridized carbons (Fsp3) is 0.174. The van der Waals surface area contributed by atoms with Crippen molar-refractivity contribution >= 4 is 16.8 Å². The zero-order chi connectivity index (χ0) is 19.7. The van der Waals surface area contributed by atoms with E-state index in [1.54, 1.807) is 11.9 Å². The van der Waals surface area contributed by atoms with E-state index in [1.807, 2.05) is 74.5 Å². The number of hydrogen-bond donors (Lipinski definition) is 0. The van der Waals surface area contributed by atoms with Crippen LogP contribution in [0.4, 0.5) is 0 Å². The van der Waals surface area contributed by atoms with Gasteiger partial charge in [-0.3, -0.25) is 9.78 Å². The fourth-order valence-electron chi connectivity index (χ4n) is 3.29. The second kappa shape index (κ2) is 7.27. The van der Waals surface area contributed by atoms with Crippen molar-refractivity contribution in [3.63, 3.8) is 0 Å². The molecule has 1 amide bonds. The van der Waals surface area contributed by atoms with E-state index in [4.69, 9.17) is 4.52 Å². The Kier molecular flexibility index (Phi) is 4.65. The molecule has 0 saturated carbocycles. The Morgan fingerprint density at radius 2 is 1.82 bits per heavy atom. The number of pyridine rings is 1. The molecule has 4 rings (SSSR count). The number of benzene rings is 2. The van der Waals surface area contributed by atoms with Crippen molar-refractivity contribution < 1.29 is 9.32 Å². The summed E-state index contributed by atoms with van der Waals surface area (Å²) < 4.78 is 5.44. The first-order valence-corrected chi connectivity index (χ1v) is 9.16. The average molecular weight is 371 g/mol. The Balaban J connectivity index is 1.60. The van der Waals surface area contributed by atoms with Crippen LogP contribution in [0.15, 0.2) is 65.2 Å². The van der Waals surface area contributed by atoms with E-state index in [-0.39, 0.29) is 5.91 Å². The molecule has 0 aliphatic heterocycles. The smallest absolute Gasteiger partial charge is 0.254 e. The monoisotopic (exact) mass is 371 g/mol. The van der Waals surface area contributed by atoms with Gasteiger partial charge in [-0.05, 0) is 32.0 Å². The summed E-state index contributed by atoms with van der Waals surface area (Å²) in [4.78, 5) is 19.3. The molecule has 2 aromatic carbocycles. The van der Waals surface area contributed by atoms with E-state index >= 15 is 0 Å². The average Bonchev–Trinajstić information content (AvgIpc) is 3.16. The van der Waals surface area contributed by atoms with Crippen molar-refractivity contribution in [2.75, 3.05) is 7.05 Å². The number of fused-ring (bicyclic) bond motifs is 1. The van der Waals surface area contributed by atoms with Gasteiger partial charge in [-0.15, -0.1) is 0 Å². The van der Waals surface area contributed by atoms with Crippen LogP contribution < -0.4 is 0 Å². The lowest BCUT2D eigenvalue weighted by Gasteiger charge is -2.17. The second-order valence-electron chi connectivity index (χ2n) is 7.04. The van der Waals surface area contributed by atoms with Crippen molar-refractivity contribution in [3.05, 3.63) is 83.2 Å². The number of carbonyl (C=O) groups excluding carboxylic acids is 1. The predicted octanol–water partition coefficient (Wildman–Crippen LogP) is 4.78. The molecule has 0 spiro atoms. The molecule has 0 N–H and O–H groups in total. The molecule has 0 saturated heterocycles. The van der Waals surface area contributed by atoms with Crippen molar-refractivity contribution in [1.29, 1.82) is 0 Å². The quantitative estimate of drug-likeness (QED) is 0.518. The molecule has 0 atom stereocenters. The van der Waals surface area contributed by atoms with Crippen LogP contribution in [-0.4, -0.2) is 28.0 Å². The van der Waals surface area contributed by atoms with Gasteiger partial charge in [0.25, 0.3) is 5.91 Å². The number of carbonyl (C=O) groups is 1. The Morgan fingerprint density at radius 1 is 1.04 bits per heavy atom. The minimum Gasteiger partial charge on any atom is -0.356 e. The third-order valence-electron chi connectivity index (χ3n) is 4.69. The number of aryl methyl sites for hydroxylation is 2. The maximum absolute atomic E-state index is 13.1. The van der Waals surface area contributed by atoms with Crippen molar-refractivity contribution in [2.45, 2.75) is 20.4 Å². The Morgan fingerprint density at radius 3 is 2.61 bits per heavy atom. The van der Waals surface area contributed by atoms with Gasteiger partial charge in [-0.2, -0.15) is 0 Å². The molecule has 0 fully saturated rings. The summed E-state index contributed by atoms with van der Waals surface area (Å²) in [5.74, 6) is 0.627. The Bertz CT molecular complexity index is 1150. The van der Waals surface area contributed by atoms with E-state index < -0.39 is 0 Å². The molecule has 2 aromatic heterocycles. The first-order chi connectivity index (χ1) is 13.5. The largest absolute Gasteiger partial charge is 0.356 e. The molecular weight excluding hydrogens is 350 g/mol.